The van der Waals surface area contributed by atoms with Crippen LogP contribution in [0.2, 0.25) is 0 Å². The lowest BCUT2D eigenvalue weighted by atomic mass is 9.86. The van der Waals surface area contributed by atoms with Gasteiger partial charge in [0.1, 0.15) is 18.4 Å². The van der Waals surface area contributed by atoms with Crippen LogP contribution in [-0.4, -0.2) is 119 Å². The highest BCUT2D eigenvalue weighted by Crippen LogP contribution is 2.36. The number of hydrogen-bond donors (Lipinski definition) is 5. The quantitative estimate of drug-likeness (QED) is 0.0446. The summed E-state index contributed by atoms with van der Waals surface area (Å²) in [5, 5.41) is 19.6. The molecular weight excluding hydrogens is 869 g/mol. The summed E-state index contributed by atoms with van der Waals surface area (Å²) in [6.07, 6.45) is 8.88. The number of imide groups is 1. The van der Waals surface area contributed by atoms with Crippen molar-refractivity contribution in [3.05, 3.63) is 119 Å². The van der Waals surface area contributed by atoms with Gasteiger partial charge >= 0.3 is 0 Å². The monoisotopic (exact) mass is 926 g/mol. The van der Waals surface area contributed by atoms with Crippen molar-refractivity contribution in [2.24, 2.45) is 0 Å². The highest BCUT2D eigenvalue weighted by atomic mass is 16.5. The van der Waals surface area contributed by atoms with Crippen molar-refractivity contribution < 1.29 is 38.2 Å². The molecule has 0 spiro atoms. The lowest BCUT2D eigenvalue weighted by Gasteiger charge is -2.40. The number of aromatic amines is 1. The van der Waals surface area contributed by atoms with Gasteiger partial charge in [0.05, 0.1) is 12.1 Å². The smallest absolute Gasteiger partial charge is 0.255 e. The van der Waals surface area contributed by atoms with Crippen molar-refractivity contribution in [2.45, 2.75) is 76.0 Å². The minimum absolute atomic E-state index is 0.149. The van der Waals surface area contributed by atoms with Crippen molar-refractivity contribution in [2.75, 3.05) is 63.8 Å². The first-order valence-corrected chi connectivity index (χ1v) is 23.3. The van der Waals surface area contributed by atoms with Gasteiger partial charge in [-0.15, -0.1) is 0 Å². The van der Waals surface area contributed by atoms with Gasteiger partial charge in [-0.25, -0.2) is 4.98 Å². The molecule has 68 heavy (non-hydrogen) atoms. The lowest BCUT2D eigenvalue weighted by Crippen LogP contribution is -2.52. The van der Waals surface area contributed by atoms with E-state index in [-0.39, 0.29) is 49.6 Å². The Morgan fingerprint density at radius 1 is 0.868 bits per heavy atom. The zero-order valence-electron chi connectivity index (χ0n) is 38.3. The van der Waals surface area contributed by atoms with E-state index in [0.717, 1.165) is 73.6 Å². The van der Waals surface area contributed by atoms with E-state index in [2.05, 4.69) is 48.4 Å². The fraction of sp³-hybridized carbons (Fsp3) is 0.400. The maximum absolute atomic E-state index is 13.3. The number of nitrogens with zero attached hydrogens (tertiary/aromatic N) is 5. The van der Waals surface area contributed by atoms with Crippen LogP contribution in [0.4, 0.5) is 11.4 Å². The number of fused-ring (bicyclic) bond motifs is 1. The second-order valence-corrected chi connectivity index (χ2v) is 17.4. The number of amides is 5. The Morgan fingerprint density at radius 3 is 2.44 bits per heavy atom. The van der Waals surface area contributed by atoms with Crippen LogP contribution < -0.4 is 26.0 Å². The summed E-state index contributed by atoms with van der Waals surface area (Å²) in [5.74, 6) is 0.513. The van der Waals surface area contributed by atoms with Crippen LogP contribution in [0.5, 0.6) is 5.75 Å². The number of nitrogens with one attached hydrogen (secondary N) is 5. The van der Waals surface area contributed by atoms with Gasteiger partial charge < -0.3 is 40.0 Å². The van der Waals surface area contributed by atoms with Crippen LogP contribution in [0.3, 0.4) is 0 Å². The Balaban J connectivity index is 0.674. The summed E-state index contributed by atoms with van der Waals surface area (Å²) in [5.41, 5.74) is 4.32. The molecule has 356 valence electrons. The summed E-state index contributed by atoms with van der Waals surface area (Å²) in [6, 6.07) is 23.4. The highest BCUT2D eigenvalue weighted by molar-refractivity contribution is 6.07. The number of pyridine rings is 1. The number of ether oxygens (including phenoxy) is 3. The normalized spacial score (nSPS) is 16.8. The molecule has 18 heteroatoms. The van der Waals surface area contributed by atoms with E-state index in [9.17, 15) is 24.0 Å². The summed E-state index contributed by atoms with van der Waals surface area (Å²) < 4.78 is 17.3. The predicted octanol–water partition coefficient (Wildman–Crippen LogP) is 5.20. The Labute approximate surface area is 394 Å². The fourth-order valence-electron chi connectivity index (χ4n) is 8.62. The number of H-pyrrole nitrogens is 1. The average Bonchev–Trinajstić information content (AvgIpc) is 3.99. The number of carbonyl (C=O) groups is 5. The van der Waals surface area contributed by atoms with Gasteiger partial charge in [0, 0.05) is 98.4 Å². The standard InChI is InChI=1S/C50H58N10O8/c1-59-24-20-50(21-25-59,49-55-45(57-58-49)35-18-22-51-23-19-35)56-37-9-5-8-36(30-37)46(63)52-31-34-12-14-38(15-13-34)68-29-4-2-3-26-66-27-7-28-67-33-44(62)53-41-11-6-10-39-40(41)32-60(48(39)65)42-16-17-43(61)54-47(42)64/h5-6,8-15,18-19,22-23,30,42,56H,2-4,7,16-17,20-21,24-29,31-33H2,1H3,(H,52,63)(H,53,62)(H,54,61,64)(H,55,57,58). The summed E-state index contributed by atoms with van der Waals surface area (Å²) in [7, 11) is 2.12. The lowest BCUT2D eigenvalue weighted by molar-refractivity contribution is -0.137. The molecule has 5 aromatic rings. The Bertz CT molecular complexity index is 2540. The van der Waals surface area contributed by atoms with Crippen LogP contribution >= 0.6 is 0 Å². The first-order valence-electron chi connectivity index (χ1n) is 23.3. The van der Waals surface area contributed by atoms with Crippen LogP contribution in [0.1, 0.15) is 89.0 Å². The molecule has 5 amide bonds. The Morgan fingerprint density at radius 2 is 1.63 bits per heavy atom. The first kappa shape index (κ1) is 47.5. The first-order chi connectivity index (χ1) is 33.1. The maximum Gasteiger partial charge on any atom is 0.255 e. The van der Waals surface area contributed by atoms with Crippen LogP contribution in [0.25, 0.3) is 11.4 Å². The van der Waals surface area contributed by atoms with E-state index in [1.165, 1.54) is 4.90 Å². The van der Waals surface area contributed by atoms with E-state index >= 15 is 0 Å². The predicted molar refractivity (Wildman–Crippen MR) is 252 cm³/mol. The van der Waals surface area contributed by atoms with E-state index in [1.807, 2.05) is 60.7 Å². The molecule has 1 atom stereocenters. The van der Waals surface area contributed by atoms with E-state index in [4.69, 9.17) is 19.2 Å². The van der Waals surface area contributed by atoms with E-state index < -0.39 is 17.5 Å². The minimum Gasteiger partial charge on any atom is -0.494 e. The number of piperidine rings is 2. The molecule has 0 radical (unpaired) electrons. The number of hydrogen-bond acceptors (Lipinski definition) is 13. The third kappa shape index (κ3) is 12.1. The molecule has 18 nitrogen and oxygen atoms in total. The van der Waals surface area contributed by atoms with Gasteiger partial charge in [-0.05, 0) is 112 Å². The molecule has 3 aliphatic rings. The summed E-state index contributed by atoms with van der Waals surface area (Å²) in [6.45, 7) is 4.23. The van der Waals surface area contributed by atoms with Crippen LogP contribution in [0, 0.1) is 0 Å². The SMILES string of the molecule is CN1CCC(Nc2cccc(C(=O)NCc3ccc(OCCCCCOCCCOCC(=O)Nc4cccc5c4CN(C4CCC(=O)NC4=O)C5=O)cc3)c2)(c2nc(-c3ccncc3)n[nH]2)CC1. The zero-order chi connectivity index (χ0) is 47.3. The topological polar surface area (TPSA) is 222 Å². The number of likely N-dealkylation sites (tertiary alicyclic amines) is 1. The molecule has 2 fully saturated rings. The Hall–Kier alpha value is -7.02. The number of anilines is 2. The molecule has 8 rings (SSSR count). The molecular formula is C50H58N10O8. The van der Waals surface area contributed by atoms with Gasteiger partial charge in [0.25, 0.3) is 11.8 Å². The maximum atomic E-state index is 13.3. The zero-order valence-corrected chi connectivity index (χ0v) is 38.3. The second-order valence-electron chi connectivity index (χ2n) is 17.4. The van der Waals surface area contributed by atoms with Gasteiger partial charge in [0.15, 0.2) is 11.6 Å². The molecule has 0 saturated carbocycles. The number of aromatic nitrogens is 4. The molecule has 0 aliphatic carbocycles. The molecule has 5 N–H and O–H groups in total. The van der Waals surface area contributed by atoms with Gasteiger partial charge in [0.2, 0.25) is 17.7 Å². The molecule has 0 bridgehead atoms. The van der Waals surface area contributed by atoms with Crippen molar-refractivity contribution in [3.63, 3.8) is 0 Å². The molecule has 2 aromatic heterocycles. The fourth-order valence-corrected chi connectivity index (χ4v) is 8.62. The van der Waals surface area contributed by atoms with Crippen LogP contribution in [0.15, 0.2) is 91.3 Å². The minimum atomic E-state index is -0.728. The second kappa shape index (κ2) is 22.6. The number of benzene rings is 3. The van der Waals surface area contributed by atoms with E-state index in [1.54, 1.807) is 30.6 Å². The summed E-state index contributed by atoms with van der Waals surface area (Å²) >= 11 is 0. The van der Waals surface area contributed by atoms with Crippen molar-refractivity contribution in [3.8, 4) is 17.1 Å². The molecule has 3 aromatic carbocycles. The number of carbonyl (C=O) groups excluding carboxylic acids is 5. The molecule has 1 unspecified atom stereocenters. The van der Waals surface area contributed by atoms with Gasteiger partial charge in [-0.3, -0.25) is 39.4 Å². The van der Waals surface area contributed by atoms with Gasteiger partial charge in [-0.2, -0.15) is 5.10 Å². The third-order valence-corrected chi connectivity index (χ3v) is 12.5. The largest absolute Gasteiger partial charge is 0.494 e. The van der Waals surface area contributed by atoms with Crippen molar-refractivity contribution >= 4 is 40.9 Å². The van der Waals surface area contributed by atoms with Crippen molar-refractivity contribution in [1.29, 1.82) is 0 Å². The van der Waals surface area contributed by atoms with Gasteiger partial charge in [-0.1, -0.05) is 24.3 Å². The highest BCUT2D eigenvalue weighted by Gasteiger charge is 2.41. The summed E-state index contributed by atoms with van der Waals surface area (Å²) in [4.78, 5) is 75.7. The number of unbranched alkanes of at least 4 members (excludes halogenated alkanes) is 2. The molecule has 5 heterocycles. The van der Waals surface area contributed by atoms with Crippen molar-refractivity contribution in [1.82, 2.24) is 40.6 Å². The molecule has 2 saturated heterocycles. The molecule has 3 aliphatic heterocycles. The Kier molecular flexibility index (Phi) is 15.8. The van der Waals surface area contributed by atoms with E-state index in [0.29, 0.717) is 67.6 Å². The average molecular weight is 927 g/mol. The number of rotatable bonds is 22. The third-order valence-electron chi connectivity index (χ3n) is 12.5. The van der Waals surface area contributed by atoms with Crippen LogP contribution in [-0.2, 0) is 42.5 Å².